The lowest BCUT2D eigenvalue weighted by atomic mass is 9.77. The Hall–Kier alpha value is -2.93. The van der Waals surface area contributed by atoms with Crippen molar-refractivity contribution in [2.45, 2.75) is 18.4 Å². The lowest BCUT2D eigenvalue weighted by molar-refractivity contribution is -0.385. The summed E-state index contributed by atoms with van der Waals surface area (Å²) in [7, 11) is 0. The Balaban J connectivity index is 1.80. The average Bonchev–Trinajstić information content (AvgIpc) is 3.11. The molecule has 1 aliphatic heterocycles. The van der Waals surface area contributed by atoms with Gasteiger partial charge in [0.2, 0.25) is 0 Å². The molecule has 2 aromatic rings. The Morgan fingerprint density at radius 1 is 1.00 bits per heavy atom. The molecule has 26 heavy (non-hydrogen) atoms. The highest BCUT2D eigenvalue weighted by atomic mass is 35.5. The largest absolute Gasteiger partial charge is 0.378 e. The molecule has 0 amide bonds. The van der Waals surface area contributed by atoms with E-state index in [1.807, 2.05) is 12.2 Å². The molecule has 132 valence electrons. The van der Waals surface area contributed by atoms with Crippen molar-refractivity contribution < 1.29 is 9.85 Å². The van der Waals surface area contributed by atoms with E-state index in [2.05, 4.69) is 5.32 Å². The van der Waals surface area contributed by atoms with E-state index in [1.165, 1.54) is 18.2 Å². The van der Waals surface area contributed by atoms with Crippen LogP contribution in [-0.2, 0) is 0 Å². The van der Waals surface area contributed by atoms with E-state index in [0.29, 0.717) is 10.6 Å². The third-order valence-corrected chi connectivity index (χ3v) is 5.43. The summed E-state index contributed by atoms with van der Waals surface area (Å²) in [6.45, 7) is 0. The van der Waals surface area contributed by atoms with Gasteiger partial charge in [-0.25, -0.2) is 0 Å². The lowest BCUT2D eigenvalue weighted by Crippen LogP contribution is -2.29. The second kappa shape index (κ2) is 6.10. The van der Waals surface area contributed by atoms with E-state index in [0.717, 1.165) is 17.7 Å². The van der Waals surface area contributed by atoms with Crippen LogP contribution in [0.15, 0.2) is 48.6 Å². The molecule has 0 aromatic heterocycles. The van der Waals surface area contributed by atoms with Crippen molar-refractivity contribution in [3.05, 3.63) is 84.9 Å². The van der Waals surface area contributed by atoms with Gasteiger partial charge in [-0.15, -0.1) is 0 Å². The van der Waals surface area contributed by atoms with Gasteiger partial charge in [-0.1, -0.05) is 23.8 Å². The highest BCUT2D eigenvalue weighted by Crippen LogP contribution is 2.51. The van der Waals surface area contributed by atoms with Crippen molar-refractivity contribution in [1.82, 2.24) is 0 Å². The Bertz CT molecular complexity index is 959. The van der Waals surface area contributed by atoms with Crippen molar-refractivity contribution in [3.63, 3.8) is 0 Å². The summed E-state index contributed by atoms with van der Waals surface area (Å²) in [5.74, 6) is 0.0930. The van der Waals surface area contributed by atoms with Crippen LogP contribution in [0.1, 0.15) is 29.5 Å². The maximum Gasteiger partial charge on any atom is 0.269 e. The standard InChI is InChI=1S/C18H14ClN3O4/c19-16-6-4-10(21(23)24)9-15(16)18-13-3-1-2-12(13)14-8-11(22(25)26)5-7-17(14)20-18/h1-2,4-9,12-13,18,20H,3H2/t12-,13+,18-/m1/s1. The van der Waals surface area contributed by atoms with Crippen LogP contribution in [0.2, 0.25) is 5.02 Å². The highest BCUT2D eigenvalue weighted by Gasteiger charge is 2.39. The molecule has 0 radical (unpaired) electrons. The molecule has 2 aliphatic rings. The molecule has 7 nitrogen and oxygen atoms in total. The van der Waals surface area contributed by atoms with E-state index < -0.39 is 9.85 Å². The van der Waals surface area contributed by atoms with Crippen LogP contribution in [0.25, 0.3) is 0 Å². The minimum Gasteiger partial charge on any atom is -0.378 e. The lowest BCUT2D eigenvalue weighted by Gasteiger charge is -2.37. The van der Waals surface area contributed by atoms with Gasteiger partial charge in [0.25, 0.3) is 11.4 Å². The summed E-state index contributed by atoms with van der Waals surface area (Å²) in [6.07, 6.45) is 4.86. The van der Waals surface area contributed by atoms with E-state index >= 15 is 0 Å². The van der Waals surface area contributed by atoms with Gasteiger partial charge in [0.1, 0.15) is 0 Å². The fraction of sp³-hybridized carbons (Fsp3) is 0.222. The molecule has 4 rings (SSSR count). The monoisotopic (exact) mass is 371 g/mol. The third-order valence-electron chi connectivity index (χ3n) is 5.08. The number of rotatable bonds is 3. The van der Waals surface area contributed by atoms with Gasteiger partial charge >= 0.3 is 0 Å². The second-order valence-electron chi connectivity index (χ2n) is 6.47. The Morgan fingerprint density at radius 2 is 1.65 bits per heavy atom. The highest BCUT2D eigenvalue weighted by molar-refractivity contribution is 6.31. The van der Waals surface area contributed by atoms with Gasteiger partial charge in [0.05, 0.1) is 15.9 Å². The van der Waals surface area contributed by atoms with Gasteiger partial charge in [-0.05, 0) is 30.0 Å². The number of anilines is 1. The van der Waals surface area contributed by atoms with E-state index in [4.69, 9.17) is 11.6 Å². The number of fused-ring (bicyclic) bond motifs is 3. The molecule has 0 unspecified atom stereocenters. The predicted molar refractivity (Wildman–Crippen MR) is 97.6 cm³/mol. The molecule has 0 saturated heterocycles. The number of nitrogens with zero attached hydrogens (tertiary/aromatic N) is 2. The SMILES string of the molecule is O=[N+]([O-])c1ccc2c(c1)[C@@H]1C=CC[C@@H]1[C@H](c1cc([N+](=O)[O-])ccc1Cl)N2. The summed E-state index contributed by atoms with van der Waals surface area (Å²) < 4.78 is 0. The summed E-state index contributed by atoms with van der Waals surface area (Å²) in [5.41, 5.74) is 2.37. The molecule has 0 saturated carbocycles. The van der Waals surface area contributed by atoms with Crippen LogP contribution in [-0.4, -0.2) is 9.85 Å². The zero-order chi connectivity index (χ0) is 18.4. The van der Waals surface area contributed by atoms with E-state index in [9.17, 15) is 20.2 Å². The van der Waals surface area contributed by atoms with Gasteiger partial charge < -0.3 is 5.32 Å². The van der Waals surface area contributed by atoms with Crippen LogP contribution in [0.5, 0.6) is 0 Å². The first-order valence-electron chi connectivity index (χ1n) is 8.11. The van der Waals surface area contributed by atoms with Crippen LogP contribution in [0, 0.1) is 26.1 Å². The molecular formula is C18H14ClN3O4. The average molecular weight is 372 g/mol. The van der Waals surface area contributed by atoms with E-state index in [1.54, 1.807) is 18.2 Å². The van der Waals surface area contributed by atoms with Gasteiger partial charge in [-0.2, -0.15) is 0 Å². The number of hydrogen-bond acceptors (Lipinski definition) is 5. The summed E-state index contributed by atoms with van der Waals surface area (Å²) in [6, 6.07) is 8.96. The molecule has 0 fully saturated rings. The first kappa shape index (κ1) is 16.5. The topological polar surface area (TPSA) is 98.3 Å². The molecule has 0 spiro atoms. The molecule has 1 N–H and O–H groups in total. The zero-order valence-electron chi connectivity index (χ0n) is 13.5. The van der Waals surface area contributed by atoms with Crippen LogP contribution in [0.3, 0.4) is 0 Å². The number of nitro benzene ring substituents is 2. The summed E-state index contributed by atoms with van der Waals surface area (Å²) in [5, 5.41) is 26.1. The molecule has 8 heteroatoms. The normalized spacial score (nSPS) is 23.0. The van der Waals surface area contributed by atoms with Gasteiger partial charge in [-0.3, -0.25) is 20.2 Å². The van der Waals surface area contributed by atoms with Gasteiger partial charge in [0.15, 0.2) is 0 Å². The maximum absolute atomic E-state index is 11.1. The number of allylic oxidation sites excluding steroid dienone is 2. The maximum atomic E-state index is 11.1. The van der Waals surface area contributed by atoms with Crippen molar-refractivity contribution in [2.24, 2.45) is 5.92 Å². The van der Waals surface area contributed by atoms with Crippen molar-refractivity contribution in [3.8, 4) is 0 Å². The van der Waals surface area contributed by atoms with E-state index in [-0.39, 0.29) is 29.3 Å². The molecule has 1 aliphatic carbocycles. The Kier molecular flexibility index (Phi) is 3.88. The first-order chi connectivity index (χ1) is 12.5. The van der Waals surface area contributed by atoms with Crippen molar-refractivity contribution in [1.29, 1.82) is 0 Å². The number of hydrogen-bond donors (Lipinski definition) is 1. The minimum absolute atomic E-state index is 0.00600. The smallest absolute Gasteiger partial charge is 0.269 e. The molecule has 0 bridgehead atoms. The number of nitro groups is 2. The van der Waals surface area contributed by atoms with Gasteiger partial charge in [0, 0.05) is 46.5 Å². The summed E-state index contributed by atoms with van der Waals surface area (Å²) >= 11 is 6.35. The minimum atomic E-state index is -0.440. The molecule has 1 heterocycles. The number of non-ortho nitro benzene ring substituents is 2. The predicted octanol–water partition coefficient (Wildman–Crippen LogP) is 4.98. The summed E-state index contributed by atoms with van der Waals surface area (Å²) in [4.78, 5) is 21.4. The number of halogens is 1. The van der Waals surface area contributed by atoms with Crippen LogP contribution >= 0.6 is 11.6 Å². The van der Waals surface area contributed by atoms with Crippen LogP contribution in [0.4, 0.5) is 17.1 Å². The van der Waals surface area contributed by atoms with Crippen molar-refractivity contribution >= 4 is 28.7 Å². The third kappa shape index (κ3) is 2.61. The molecule has 3 atom stereocenters. The first-order valence-corrected chi connectivity index (χ1v) is 8.49. The van der Waals surface area contributed by atoms with Crippen molar-refractivity contribution in [2.75, 3.05) is 5.32 Å². The molecule has 2 aromatic carbocycles. The quantitative estimate of drug-likeness (QED) is 0.466. The number of benzene rings is 2. The number of nitrogens with one attached hydrogen (secondary N) is 1. The zero-order valence-corrected chi connectivity index (χ0v) is 14.2. The second-order valence-corrected chi connectivity index (χ2v) is 6.87. The Labute approximate surface area is 153 Å². The fourth-order valence-corrected chi connectivity index (χ4v) is 4.12. The fourth-order valence-electron chi connectivity index (χ4n) is 3.89. The Morgan fingerprint density at radius 3 is 2.35 bits per heavy atom. The molecular weight excluding hydrogens is 358 g/mol. The van der Waals surface area contributed by atoms with Crippen LogP contribution < -0.4 is 5.32 Å².